The van der Waals surface area contributed by atoms with Gasteiger partial charge in [-0.3, -0.25) is 14.5 Å². The van der Waals surface area contributed by atoms with E-state index in [4.69, 9.17) is 16.2 Å². The second-order valence-electron chi connectivity index (χ2n) is 4.72. The van der Waals surface area contributed by atoms with Crippen molar-refractivity contribution in [2.45, 2.75) is 26.4 Å². The monoisotopic (exact) mass is 289 g/mol. The fraction of sp³-hybridized carbons (Fsp3) is 0.636. The lowest BCUT2D eigenvalue weighted by molar-refractivity contribution is -0.153. The van der Waals surface area contributed by atoms with Gasteiger partial charge in [-0.2, -0.15) is 0 Å². The Labute approximate surface area is 116 Å². The summed E-state index contributed by atoms with van der Waals surface area (Å²) in [7, 11) is 0. The van der Waals surface area contributed by atoms with Crippen LogP contribution in [0.3, 0.4) is 0 Å². The van der Waals surface area contributed by atoms with E-state index in [1.807, 2.05) is 0 Å². The van der Waals surface area contributed by atoms with Gasteiger partial charge in [-0.1, -0.05) is 0 Å². The van der Waals surface area contributed by atoms with E-state index in [9.17, 15) is 19.2 Å². The summed E-state index contributed by atoms with van der Waals surface area (Å²) in [5, 5.41) is 0. The second-order valence-corrected chi connectivity index (χ2v) is 4.72. The maximum atomic E-state index is 11.4. The predicted octanol–water partition coefficient (Wildman–Crippen LogP) is -1.26. The van der Waals surface area contributed by atoms with E-state index in [2.05, 4.69) is 4.74 Å². The summed E-state index contributed by atoms with van der Waals surface area (Å²) in [4.78, 5) is 45.9. The molecule has 0 bridgehead atoms. The van der Waals surface area contributed by atoms with Gasteiger partial charge in [-0.25, -0.2) is 9.59 Å². The predicted molar refractivity (Wildman–Crippen MR) is 67.2 cm³/mol. The van der Waals surface area contributed by atoms with Crippen LogP contribution >= 0.6 is 0 Å². The summed E-state index contributed by atoms with van der Waals surface area (Å²) < 4.78 is 9.06. The van der Waals surface area contributed by atoms with Gasteiger partial charge >= 0.3 is 12.1 Å². The van der Waals surface area contributed by atoms with E-state index in [1.165, 1.54) is 0 Å². The Bertz CT molecular complexity index is 385. The maximum absolute atomic E-state index is 11.4. The molecule has 0 aliphatic heterocycles. The number of imide groups is 1. The Hall–Kier alpha value is -2.00. The molecular weight excluding hydrogens is 270 g/mol. The van der Waals surface area contributed by atoms with Crippen molar-refractivity contribution < 1.29 is 28.7 Å². The van der Waals surface area contributed by atoms with Crippen LogP contribution in [0.2, 0.25) is 0 Å². The molecular formula is C11H19N3O6. The van der Waals surface area contributed by atoms with Crippen LogP contribution in [0.1, 0.15) is 20.8 Å². The van der Waals surface area contributed by atoms with Gasteiger partial charge < -0.3 is 20.9 Å². The molecule has 0 aromatic heterocycles. The highest BCUT2D eigenvalue weighted by Gasteiger charge is 2.26. The minimum absolute atomic E-state index is 0.481. The molecule has 0 atom stereocenters. The summed E-state index contributed by atoms with van der Waals surface area (Å²) in [6.45, 7) is 3.03. The van der Waals surface area contributed by atoms with Crippen LogP contribution < -0.4 is 11.5 Å². The first-order valence-electron chi connectivity index (χ1n) is 5.77. The Balaban J connectivity index is 4.58. The number of nitrogens with zero attached hydrogens (tertiary/aromatic N) is 1. The molecule has 0 aromatic carbocycles. The zero-order valence-electron chi connectivity index (χ0n) is 11.7. The third-order valence-corrected chi connectivity index (χ3v) is 1.83. The second kappa shape index (κ2) is 7.56. The van der Waals surface area contributed by atoms with Crippen LogP contribution in [0.25, 0.3) is 0 Å². The molecule has 4 N–H and O–H groups in total. The normalized spacial score (nSPS) is 10.7. The van der Waals surface area contributed by atoms with Gasteiger partial charge in [-0.15, -0.1) is 0 Å². The lowest BCUT2D eigenvalue weighted by Crippen LogP contribution is -2.47. The Morgan fingerprint density at radius 2 is 1.45 bits per heavy atom. The molecule has 2 amide bonds. The Morgan fingerprint density at radius 3 is 1.80 bits per heavy atom. The lowest BCUT2D eigenvalue weighted by atomic mass is 10.2. The SMILES string of the molecule is CC(C)(C)OC(=O)OC(=O)CN(C(=O)CN)C(=O)CN. The zero-order valence-corrected chi connectivity index (χ0v) is 11.7. The molecule has 9 nitrogen and oxygen atoms in total. The van der Waals surface area contributed by atoms with Gasteiger partial charge in [0.2, 0.25) is 11.8 Å². The molecule has 0 radical (unpaired) electrons. The molecule has 0 unspecified atom stereocenters. The average molecular weight is 289 g/mol. The zero-order chi connectivity index (χ0) is 15.9. The van der Waals surface area contributed by atoms with Gasteiger partial charge in [0.1, 0.15) is 12.1 Å². The molecule has 0 aliphatic carbocycles. The van der Waals surface area contributed by atoms with Gasteiger partial charge in [0.15, 0.2) is 0 Å². The third-order valence-electron chi connectivity index (χ3n) is 1.83. The average Bonchev–Trinajstić information content (AvgIpc) is 2.31. The number of nitrogens with two attached hydrogens (primary N) is 2. The number of hydrogen-bond acceptors (Lipinski definition) is 8. The number of hydrogen-bond donors (Lipinski definition) is 2. The van der Waals surface area contributed by atoms with E-state index in [0.29, 0.717) is 4.90 Å². The molecule has 0 rings (SSSR count). The van der Waals surface area contributed by atoms with Crippen LogP contribution in [0.4, 0.5) is 4.79 Å². The van der Waals surface area contributed by atoms with Gasteiger partial charge in [0.25, 0.3) is 0 Å². The number of carbonyl (C=O) groups excluding carboxylic acids is 4. The summed E-state index contributed by atoms with van der Waals surface area (Å²) >= 11 is 0. The first-order chi connectivity index (χ1) is 9.10. The van der Waals surface area contributed by atoms with E-state index in [-0.39, 0.29) is 0 Å². The molecule has 0 aliphatic rings. The number of esters is 1. The molecule has 0 saturated heterocycles. The van der Waals surface area contributed by atoms with E-state index < -0.39 is 49.2 Å². The Kier molecular flexibility index (Phi) is 6.80. The number of rotatable bonds is 4. The fourth-order valence-corrected chi connectivity index (χ4v) is 1.06. The van der Waals surface area contributed by atoms with Crippen LogP contribution in [-0.2, 0) is 23.9 Å². The van der Waals surface area contributed by atoms with Crippen LogP contribution in [0.15, 0.2) is 0 Å². The topological polar surface area (TPSA) is 142 Å². The minimum atomic E-state index is -1.22. The lowest BCUT2D eigenvalue weighted by Gasteiger charge is -2.20. The van der Waals surface area contributed by atoms with E-state index in [1.54, 1.807) is 20.8 Å². The van der Waals surface area contributed by atoms with E-state index in [0.717, 1.165) is 0 Å². The largest absolute Gasteiger partial charge is 0.516 e. The molecule has 0 spiro atoms. The van der Waals surface area contributed by atoms with Crippen LogP contribution in [-0.4, -0.2) is 54.1 Å². The highest BCUT2D eigenvalue weighted by atomic mass is 16.7. The number of amides is 2. The smallest absolute Gasteiger partial charge is 0.428 e. The van der Waals surface area contributed by atoms with Gasteiger partial charge in [-0.05, 0) is 20.8 Å². The van der Waals surface area contributed by atoms with E-state index >= 15 is 0 Å². The van der Waals surface area contributed by atoms with Gasteiger partial charge in [0.05, 0.1) is 13.1 Å². The van der Waals surface area contributed by atoms with Crippen molar-refractivity contribution in [3.8, 4) is 0 Å². The van der Waals surface area contributed by atoms with Crippen molar-refractivity contribution >= 4 is 23.9 Å². The van der Waals surface area contributed by atoms with Crippen molar-refractivity contribution in [2.75, 3.05) is 19.6 Å². The van der Waals surface area contributed by atoms with Crippen LogP contribution in [0, 0.1) is 0 Å². The van der Waals surface area contributed by atoms with Crippen LogP contribution in [0.5, 0.6) is 0 Å². The number of ether oxygens (including phenoxy) is 2. The highest BCUT2D eigenvalue weighted by molar-refractivity contribution is 6.00. The maximum Gasteiger partial charge on any atom is 0.516 e. The van der Waals surface area contributed by atoms with Crippen molar-refractivity contribution in [2.24, 2.45) is 11.5 Å². The van der Waals surface area contributed by atoms with Gasteiger partial charge in [0, 0.05) is 0 Å². The standard InChI is InChI=1S/C11H19N3O6/c1-11(2,3)20-10(18)19-9(17)6-14(7(15)4-12)8(16)5-13/h4-6,12-13H2,1-3H3. The molecule has 0 heterocycles. The summed E-state index contributed by atoms with van der Waals surface area (Å²) in [5.41, 5.74) is 9.36. The summed E-state index contributed by atoms with van der Waals surface area (Å²) in [6, 6.07) is 0. The Morgan fingerprint density at radius 1 is 1.00 bits per heavy atom. The summed E-state index contributed by atoms with van der Waals surface area (Å²) in [5.74, 6) is -2.73. The van der Waals surface area contributed by atoms with Crippen molar-refractivity contribution in [1.82, 2.24) is 4.90 Å². The molecule has 0 aromatic rings. The molecule has 0 saturated carbocycles. The minimum Gasteiger partial charge on any atom is -0.428 e. The third kappa shape index (κ3) is 6.81. The molecule has 9 heteroatoms. The first kappa shape index (κ1) is 18.0. The van der Waals surface area contributed by atoms with Crippen molar-refractivity contribution in [1.29, 1.82) is 0 Å². The quantitative estimate of drug-likeness (QED) is 0.482. The molecule has 0 fully saturated rings. The molecule has 114 valence electrons. The molecule has 20 heavy (non-hydrogen) atoms. The fourth-order valence-electron chi connectivity index (χ4n) is 1.06. The van der Waals surface area contributed by atoms with Crippen molar-refractivity contribution in [3.05, 3.63) is 0 Å². The first-order valence-corrected chi connectivity index (χ1v) is 5.77. The summed E-state index contributed by atoms with van der Waals surface area (Å²) in [6.07, 6.45) is -1.22. The van der Waals surface area contributed by atoms with Crippen molar-refractivity contribution in [3.63, 3.8) is 0 Å². The number of carbonyl (C=O) groups is 4. The highest BCUT2D eigenvalue weighted by Crippen LogP contribution is 2.08.